The maximum Gasteiger partial charge on any atom is 0.416 e. The van der Waals surface area contributed by atoms with E-state index in [2.05, 4.69) is 10.2 Å². The first-order valence-corrected chi connectivity index (χ1v) is 17.2. The van der Waals surface area contributed by atoms with E-state index in [0.717, 1.165) is 42.3 Å². The summed E-state index contributed by atoms with van der Waals surface area (Å²) in [4.78, 5) is 27.8. The second kappa shape index (κ2) is 15.9. The lowest BCUT2D eigenvalue weighted by atomic mass is 9.98. The summed E-state index contributed by atoms with van der Waals surface area (Å²) in [6, 6.07) is 25.7. The Morgan fingerprint density at radius 3 is 2.25 bits per heavy atom. The van der Waals surface area contributed by atoms with Crippen LogP contribution in [0.5, 0.6) is 0 Å². The molecule has 5 aromatic rings. The molecule has 0 radical (unpaired) electrons. The minimum atomic E-state index is -4.50. The topological polar surface area (TPSA) is 87.4 Å². The Bertz CT molecular complexity index is 2010. The summed E-state index contributed by atoms with van der Waals surface area (Å²) < 4.78 is 49.4. The van der Waals surface area contributed by atoms with Crippen molar-refractivity contribution in [3.63, 3.8) is 0 Å². The first kappa shape index (κ1) is 37.1. The standard InChI is InChI=1S/C39H40F3N7O2.H2S/c1-26-29(15-9-16-30(26)39(40,41)42)23-34-32(25-43-38(50)33-17-10-18-47(33)2)45-37-31(24-35(46-49(34)37)48-19-21-51-22-20-48)44-36(27-11-5-3-6-12-27)28-13-7-4-8-14-28;/h3-9,11-16,24,33H,10,17-23,25H2,1-2H3,(H,43,50);1H2/t33-;/m0./s1. The molecule has 2 saturated heterocycles. The van der Waals surface area contributed by atoms with Gasteiger partial charge in [0.2, 0.25) is 5.91 Å². The first-order valence-electron chi connectivity index (χ1n) is 17.2. The number of alkyl halides is 3. The van der Waals surface area contributed by atoms with Gasteiger partial charge in [0, 0.05) is 36.7 Å². The zero-order chi connectivity index (χ0) is 35.5. The van der Waals surface area contributed by atoms with Crippen LogP contribution in [0.2, 0.25) is 0 Å². The van der Waals surface area contributed by atoms with E-state index in [0.29, 0.717) is 60.4 Å². The minimum absolute atomic E-state index is 0. The molecule has 2 aliphatic rings. The number of halogens is 3. The van der Waals surface area contributed by atoms with Crippen LogP contribution in [0.3, 0.4) is 0 Å². The summed E-state index contributed by atoms with van der Waals surface area (Å²) in [5.74, 6) is 0.538. The van der Waals surface area contributed by atoms with Gasteiger partial charge >= 0.3 is 6.18 Å². The Morgan fingerprint density at radius 2 is 1.63 bits per heavy atom. The molecule has 1 amide bonds. The molecule has 0 unspecified atom stereocenters. The number of hydrogen-bond donors (Lipinski definition) is 1. The molecular formula is C39H42F3N7O2S. The quantitative estimate of drug-likeness (QED) is 0.175. The number of fused-ring (bicyclic) bond motifs is 1. The number of likely N-dealkylation sites (N-methyl/N-ethyl adjacent to an activating group) is 1. The zero-order valence-electron chi connectivity index (χ0n) is 29.2. The third-order valence-corrected chi connectivity index (χ3v) is 9.75. The molecule has 52 heavy (non-hydrogen) atoms. The molecule has 0 bridgehead atoms. The third-order valence-electron chi connectivity index (χ3n) is 9.75. The number of benzene rings is 3. The number of morpholine rings is 1. The highest BCUT2D eigenvalue weighted by Gasteiger charge is 2.33. The Kier molecular flexibility index (Phi) is 11.3. The lowest BCUT2D eigenvalue weighted by molar-refractivity contribution is -0.138. The number of imidazole rings is 1. The summed E-state index contributed by atoms with van der Waals surface area (Å²) in [6.07, 6.45) is -2.70. The summed E-state index contributed by atoms with van der Waals surface area (Å²) in [5.41, 5.74) is 4.59. The third kappa shape index (κ3) is 7.86. The van der Waals surface area contributed by atoms with Gasteiger partial charge in [-0.3, -0.25) is 9.69 Å². The van der Waals surface area contributed by atoms with Gasteiger partial charge in [-0.25, -0.2) is 14.5 Å². The van der Waals surface area contributed by atoms with Crippen LogP contribution in [0.4, 0.5) is 24.7 Å². The largest absolute Gasteiger partial charge is 0.416 e. The summed E-state index contributed by atoms with van der Waals surface area (Å²) >= 11 is 0. The predicted molar refractivity (Wildman–Crippen MR) is 201 cm³/mol. The normalized spacial score (nSPS) is 16.5. The number of likely N-dealkylation sites (tertiary alicyclic amines) is 1. The monoisotopic (exact) mass is 729 g/mol. The number of ether oxygens (including phenoxy) is 1. The van der Waals surface area contributed by atoms with Crippen molar-refractivity contribution in [2.24, 2.45) is 4.99 Å². The zero-order valence-corrected chi connectivity index (χ0v) is 30.2. The molecule has 1 atom stereocenters. The fraction of sp³-hybridized carbons (Fsp3) is 0.333. The van der Waals surface area contributed by atoms with E-state index in [-0.39, 0.29) is 44.0 Å². The number of carbonyl (C=O) groups is 1. The second-order valence-corrected chi connectivity index (χ2v) is 13.0. The summed E-state index contributed by atoms with van der Waals surface area (Å²) in [7, 11) is 1.93. The van der Waals surface area contributed by atoms with Crippen molar-refractivity contribution in [2.75, 3.05) is 44.8 Å². The number of rotatable bonds is 9. The number of nitrogens with one attached hydrogen (secondary N) is 1. The smallest absolute Gasteiger partial charge is 0.378 e. The highest BCUT2D eigenvalue weighted by atomic mass is 32.1. The van der Waals surface area contributed by atoms with E-state index in [9.17, 15) is 18.0 Å². The van der Waals surface area contributed by atoms with Crippen LogP contribution < -0.4 is 10.2 Å². The lowest BCUT2D eigenvalue weighted by Gasteiger charge is -2.28. The Balaban J connectivity index is 0.00000464. The van der Waals surface area contributed by atoms with Crippen LogP contribution in [-0.4, -0.2) is 77.1 Å². The number of hydrogen-bond acceptors (Lipinski definition) is 7. The van der Waals surface area contributed by atoms with Crippen molar-refractivity contribution in [3.8, 4) is 0 Å². The van der Waals surface area contributed by atoms with Crippen molar-refractivity contribution < 1.29 is 22.7 Å². The fourth-order valence-electron chi connectivity index (χ4n) is 6.93. The molecule has 0 aliphatic carbocycles. The van der Waals surface area contributed by atoms with Crippen molar-refractivity contribution in [1.82, 2.24) is 24.8 Å². The van der Waals surface area contributed by atoms with Crippen LogP contribution in [0.15, 0.2) is 89.9 Å². The van der Waals surface area contributed by atoms with Crippen molar-refractivity contribution in [1.29, 1.82) is 0 Å². The summed E-state index contributed by atoms with van der Waals surface area (Å²) in [6.45, 7) is 4.71. The number of carbonyl (C=O) groups excluding carboxylic acids is 1. The van der Waals surface area contributed by atoms with E-state index in [1.54, 1.807) is 10.6 Å². The molecule has 9 nitrogen and oxygen atoms in total. The van der Waals surface area contributed by atoms with Gasteiger partial charge in [-0.2, -0.15) is 26.7 Å². The molecule has 13 heteroatoms. The SMILES string of the molecule is Cc1c(Cc2c(CNC(=O)[C@@H]3CCCN3C)nc3c(N=C(c4ccccc4)c4ccccc4)cc(N4CCOCC4)nn23)cccc1C(F)(F)F.S. The van der Waals surface area contributed by atoms with E-state index < -0.39 is 11.7 Å². The molecule has 0 saturated carbocycles. The molecule has 2 fully saturated rings. The van der Waals surface area contributed by atoms with Gasteiger partial charge in [-0.1, -0.05) is 72.8 Å². The van der Waals surface area contributed by atoms with Crippen molar-refractivity contribution in [2.45, 2.75) is 44.9 Å². The number of amides is 1. The molecule has 4 heterocycles. The van der Waals surface area contributed by atoms with Gasteiger partial charge in [0.05, 0.1) is 48.5 Å². The predicted octanol–water partition coefficient (Wildman–Crippen LogP) is 6.48. The Morgan fingerprint density at radius 1 is 0.962 bits per heavy atom. The lowest BCUT2D eigenvalue weighted by Crippen LogP contribution is -2.41. The van der Waals surface area contributed by atoms with Gasteiger partial charge in [0.25, 0.3) is 0 Å². The maximum atomic E-state index is 14.0. The Labute approximate surface area is 308 Å². The number of aliphatic imine (C=N–C) groups is 1. The van der Waals surface area contributed by atoms with Crippen LogP contribution >= 0.6 is 13.5 Å². The molecule has 0 spiro atoms. The fourth-order valence-corrected chi connectivity index (χ4v) is 6.93. The van der Waals surface area contributed by atoms with Crippen LogP contribution in [0.1, 0.15) is 52.0 Å². The number of anilines is 1. The van der Waals surface area contributed by atoms with Crippen LogP contribution in [0.25, 0.3) is 5.65 Å². The van der Waals surface area contributed by atoms with Gasteiger partial charge in [-0.05, 0) is 50.6 Å². The number of nitrogens with zero attached hydrogens (tertiary/aromatic N) is 6. The average molecular weight is 730 g/mol. The average Bonchev–Trinajstić information content (AvgIpc) is 3.73. The van der Waals surface area contributed by atoms with Crippen LogP contribution in [-0.2, 0) is 28.7 Å². The second-order valence-electron chi connectivity index (χ2n) is 13.0. The first-order chi connectivity index (χ1) is 24.7. The molecule has 1 N–H and O–H groups in total. The molecule has 3 aromatic carbocycles. The number of aromatic nitrogens is 3. The highest BCUT2D eigenvalue weighted by Crippen LogP contribution is 2.35. The summed E-state index contributed by atoms with van der Waals surface area (Å²) in [5, 5.41) is 8.13. The van der Waals surface area contributed by atoms with Gasteiger partial charge in [0.15, 0.2) is 11.5 Å². The maximum absolute atomic E-state index is 14.0. The van der Waals surface area contributed by atoms with E-state index in [1.165, 1.54) is 13.0 Å². The molecule has 2 aliphatic heterocycles. The highest BCUT2D eigenvalue weighted by molar-refractivity contribution is 7.59. The minimum Gasteiger partial charge on any atom is -0.378 e. The van der Waals surface area contributed by atoms with E-state index >= 15 is 0 Å². The van der Waals surface area contributed by atoms with Gasteiger partial charge < -0.3 is 15.0 Å². The van der Waals surface area contributed by atoms with Gasteiger partial charge in [-0.15, -0.1) is 5.10 Å². The van der Waals surface area contributed by atoms with E-state index in [4.69, 9.17) is 19.8 Å². The van der Waals surface area contributed by atoms with Crippen LogP contribution in [0, 0.1) is 6.92 Å². The molecule has 272 valence electrons. The Hall–Kier alpha value is -4.72. The van der Waals surface area contributed by atoms with Crippen molar-refractivity contribution >= 4 is 42.3 Å². The molecular weight excluding hydrogens is 688 g/mol. The molecule has 7 rings (SSSR count). The van der Waals surface area contributed by atoms with E-state index in [1.807, 2.05) is 78.7 Å². The van der Waals surface area contributed by atoms with Gasteiger partial charge in [0.1, 0.15) is 5.69 Å². The van der Waals surface area contributed by atoms with Crippen molar-refractivity contribution in [3.05, 3.63) is 124 Å². The molecule has 2 aromatic heterocycles.